The third kappa shape index (κ3) is 2.82. The highest BCUT2D eigenvalue weighted by Crippen LogP contribution is 2.32. The maximum Gasteiger partial charge on any atom is 0.151 e. The van der Waals surface area contributed by atoms with Crippen molar-refractivity contribution < 1.29 is 0 Å². The summed E-state index contributed by atoms with van der Waals surface area (Å²) >= 11 is 0. The maximum atomic E-state index is 5.71. The summed E-state index contributed by atoms with van der Waals surface area (Å²) in [4.78, 5) is 4.82. The molecule has 120 valence electrons. The summed E-state index contributed by atoms with van der Waals surface area (Å²) < 4.78 is 0. The Morgan fingerprint density at radius 3 is 2.48 bits per heavy atom. The highest BCUT2D eigenvalue weighted by atomic mass is 15.3. The van der Waals surface area contributed by atoms with Crippen LogP contribution in [0.5, 0.6) is 0 Å². The summed E-state index contributed by atoms with van der Waals surface area (Å²) in [6, 6.07) is 12.4. The molecule has 0 spiro atoms. The molecule has 2 aliphatic heterocycles. The predicted molar refractivity (Wildman–Crippen MR) is 92.0 cm³/mol. The number of rotatable bonds is 3. The molecule has 2 N–H and O–H groups in total. The van der Waals surface area contributed by atoms with E-state index in [1.54, 1.807) is 0 Å². The number of anilines is 1. The molecule has 5 heteroatoms. The van der Waals surface area contributed by atoms with Gasteiger partial charge in [0.05, 0.1) is 5.69 Å². The molecule has 4 rings (SSSR count). The Balaban J connectivity index is 1.50. The van der Waals surface area contributed by atoms with Crippen LogP contribution >= 0.6 is 0 Å². The number of hydrogen-bond donors (Lipinski definition) is 1. The Bertz CT molecular complexity index is 670. The predicted octanol–water partition coefficient (Wildman–Crippen LogP) is 1.60. The second-order valence-corrected chi connectivity index (χ2v) is 6.83. The average molecular weight is 309 g/mol. The zero-order chi connectivity index (χ0) is 15.8. The third-order valence-corrected chi connectivity index (χ3v) is 5.10. The lowest BCUT2D eigenvalue weighted by atomic mass is 10.0. The van der Waals surface area contributed by atoms with Gasteiger partial charge in [0.1, 0.15) is 0 Å². The van der Waals surface area contributed by atoms with Crippen molar-refractivity contribution in [1.82, 2.24) is 15.1 Å². The fourth-order valence-electron chi connectivity index (χ4n) is 3.92. The Hall–Kier alpha value is -1.98. The van der Waals surface area contributed by atoms with E-state index in [4.69, 9.17) is 5.73 Å². The first-order valence-electron chi connectivity index (χ1n) is 8.29. The first kappa shape index (κ1) is 14.6. The van der Waals surface area contributed by atoms with E-state index in [-0.39, 0.29) is 0 Å². The van der Waals surface area contributed by atoms with E-state index in [0.29, 0.717) is 6.54 Å². The van der Waals surface area contributed by atoms with Crippen LogP contribution in [-0.2, 0) is 6.54 Å². The van der Waals surface area contributed by atoms with Crippen molar-refractivity contribution in [2.24, 2.45) is 17.6 Å². The molecule has 0 bridgehead atoms. The van der Waals surface area contributed by atoms with Crippen molar-refractivity contribution in [2.45, 2.75) is 6.54 Å². The Kier molecular flexibility index (Phi) is 3.75. The minimum Gasteiger partial charge on any atom is -0.354 e. The third-order valence-electron chi connectivity index (χ3n) is 5.10. The smallest absolute Gasteiger partial charge is 0.151 e. The molecule has 0 saturated carbocycles. The van der Waals surface area contributed by atoms with Crippen LogP contribution in [0.15, 0.2) is 36.4 Å². The summed E-state index contributed by atoms with van der Waals surface area (Å²) in [7, 11) is 2.21. The molecule has 5 nitrogen and oxygen atoms in total. The number of aromatic nitrogens is 2. The molecule has 23 heavy (non-hydrogen) atoms. The van der Waals surface area contributed by atoms with Gasteiger partial charge in [0.2, 0.25) is 0 Å². The second kappa shape index (κ2) is 5.91. The van der Waals surface area contributed by atoms with Gasteiger partial charge in [-0.25, -0.2) is 0 Å². The van der Waals surface area contributed by atoms with Gasteiger partial charge in [0.25, 0.3) is 0 Å². The molecule has 0 aliphatic carbocycles. The van der Waals surface area contributed by atoms with Crippen molar-refractivity contribution in [3.8, 4) is 11.3 Å². The fourth-order valence-corrected chi connectivity index (χ4v) is 3.92. The van der Waals surface area contributed by atoms with Gasteiger partial charge in [-0.05, 0) is 42.6 Å². The van der Waals surface area contributed by atoms with Crippen molar-refractivity contribution in [2.75, 3.05) is 38.1 Å². The van der Waals surface area contributed by atoms with Crippen LogP contribution in [0.2, 0.25) is 0 Å². The Labute approximate surface area is 137 Å². The van der Waals surface area contributed by atoms with Gasteiger partial charge in [0, 0.05) is 38.3 Å². The topological polar surface area (TPSA) is 58.3 Å². The Morgan fingerprint density at radius 1 is 1.04 bits per heavy atom. The summed E-state index contributed by atoms with van der Waals surface area (Å²) in [6.45, 7) is 5.17. The lowest BCUT2D eigenvalue weighted by molar-refractivity contribution is 0.387. The molecule has 0 radical (unpaired) electrons. The van der Waals surface area contributed by atoms with Crippen LogP contribution in [0, 0.1) is 11.8 Å². The highest BCUT2D eigenvalue weighted by molar-refractivity contribution is 5.60. The van der Waals surface area contributed by atoms with Gasteiger partial charge >= 0.3 is 0 Å². The number of fused-ring (bicyclic) bond motifs is 1. The molecular formula is C18H23N5. The average Bonchev–Trinajstić information content (AvgIpc) is 3.12. The number of nitrogens with zero attached hydrogens (tertiary/aromatic N) is 4. The largest absolute Gasteiger partial charge is 0.354 e. The first-order chi connectivity index (χ1) is 11.2. The van der Waals surface area contributed by atoms with Crippen molar-refractivity contribution in [3.05, 3.63) is 42.0 Å². The van der Waals surface area contributed by atoms with E-state index in [1.165, 1.54) is 13.1 Å². The van der Waals surface area contributed by atoms with Gasteiger partial charge in [-0.1, -0.05) is 18.2 Å². The standard InChI is InChI=1S/C18H23N5/c1-22-9-15-11-23(12-16(15)10-22)18-6-5-17(20-21-18)14-4-2-3-13(7-14)8-19/h2-7,15-16H,8-12,19H2,1H3. The summed E-state index contributed by atoms with van der Waals surface area (Å²) in [5, 5.41) is 8.90. The van der Waals surface area contributed by atoms with Crippen molar-refractivity contribution >= 4 is 5.82 Å². The molecule has 2 aliphatic rings. The zero-order valence-corrected chi connectivity index (χ0v) is 13.5. The number of benzene rings is 1. The van der Waals surface area contributed by atoms with Crippen LogP contribution in [-0.4, -0.2) is 48.3 Å². The maximum absolute atomic E-state index is 5.71. The van der Waals surface area contributed by atoms with E-state index >= 15 is 0 Å². The van der Waals surface area contributed by atoms with E-state index in [0.717, 1.165) is 47.6 Å². The van der Waals surface area contributed by atoms with Gasteiger partial charge in [-0.15, -0.1) is 10.2 Å². The lowest BCUT2D eigenvalue weighted by Crippen LogP contribution is -2.27. The molecule has 2 fully saturated rings. The SMILES string of the molecule is CN1CC2CN(c3ccc(-c4cccc(CN)c4)nn3)CC2C1. The lowest BCUT2D eigenvalue weighted by Gasteiger charge is -2.19. The van der Waals surface area contributed by atoms with Gasteiger partial charge in [-0.3, -0.25) is 0 Å². The number of hydrogen-bond acceptors (Lipinski definition) is 5. The van der Waals surface area contributed by atoms with Crippen LogP contribution in [0.3, 0.4) is 0 Å². The van der Waals surface area contributed by atoms with Crippen molar-refractivity contribution in [1.29, 1.82) is 0 Å². The minimum atomic E-state index is 0.546. The summed E-state index contributed by atoms with van der Waals surface area (Å²) in [5.74, 6) is 2.56. The van der Waals surface area contributed by atoms with Crippen molar-refractivity contribution in [3.63, 3.8) is 0 Å². The molecule has 1 aromatic heterocycles. The minimum absolute atomic E-state index is 0.546. The van der Waals surface area contributed by atoms with Gasteiger partial charge in [0.15, 0.2) is 5.82 Å². The quantitative estimate of drug-likeness (QED) is 0.933. The van der Waals surface area contributed by atoms with Gasteiger partial charge < -0.3 is 15.5 Å². The highest BCUT2D eigenvalue weighted by Gasteiger charge is 2.39. The summed E-state index contributed by atoms with van der Waals surface area (Å²) in [6.07, 6.45) is 0. The zero-order valence-electron chi connectivity index (χ0n) is 13.5. The van der Waals surface area contributed by atoms with Crippen LogP contribution in [0.1, 0.15) is 5.56 Å². The molecule has 2 unspecified atom stereocenters. The van der Waals surface area contributed by atoms with Gasteiger partial charge in [-0.2, -0.15) is 0 Å². The Morgan fingerprint density at radius 2 is 1.83 bits per heavy atom. The summed E-state index contributed by atoms with van der Waals surface area (Å²) in [5.41, 5.74) is 8.81. The molecule has 2 saturated heterocycles. The fraction of sp³-hybridized carbons (Fsp3) is 0.444. The molecule has 2 atom stereocenters. The molecule has 3 heterocycles. The van der Waals surface area contributed by atoms with Crippen LogP contribution in [0.25, 0.3) is 11.3 Å². The number of nitrogens with two attached hydrogens (primary N) is 1. The number of likely N-dealkylation sites (tertiary alicyclic amines) is 1. The van der Waals surface area contributed by atoms with E-state index < -0.39 is 0 Å². The monoisotopic (exact) mass is 309 g/mol. The van der Waals surface area contributed by atoms with Crippen LogP contribution < -0.4 is 10.6 Å². The molecular weight excluding hydrogens is 286 g/mol. The molecule has 2 aromatic rings. The van der Waals surface area contributed by atoms with Crippen LogP contribution in [0.4, 0.5) is 5.82 Å². The van der Waals surface area contributed by atoms with E-state index in [1.807, 2.05) is 12.1 Å². The molecule has 1 aromatic carbocycles. The molecule has 0 amide bonds. The van der Waals surface area contributed by atoms with E-state index in [9.17, 15) is 0 Å². The first-order valence-corrected chi connectivity index (χ1v) is 8.29. The second-order valence-electron chi connectivity index (χ2n) is 6.83. The normalized spacial score (nSPS) is 24.2. The van der Waals surface area contributed by atoms with E-state index in [2.05, 4.69) is 51.3 Å².